The van der Waals surface area contributed by atoms with Gasteiger partial charge in [0.2, 0.25) is 10.0 Å². The summed E-state index contributed by atoms with van der Waals surface area (Å²) >= 11 is 0. The predicted molar refractivity (Wildman–Crippen MR) is 46.6 cm³/mol. The van der Waals surface area contributed by atoms with Gasteiger partial charge < -0.3 is 0 Å². The largest absolute Gasteiger partial charge is 0.266 e. The zero-order valence-electron chi connectivity index (χ0n) is 6.35. The van der Waals surface area contributed by atoms with Crippen molar-refractivity contribution >= 4 is 22.1 Å². The van der Waals surface area contributed by atoms with Crippen LogP contribution in [0.25, 0.3) is 0 Å². The third kappa shape index (κ3) is 3.14. The van der Waals surface area contributed by atoms with Crippen molar-refractivity contribution in [2.45, 2.75) is 0 Å². The van der Waals surface area contributed by atoms with Crippen molar-refractivity contribution < 1.29 is 8.42 Å². The van der Waals surface area contributed by atoms with Gasteiger partial charge in [-0.05, 0) is 5.87 Å². The Morgan fingerprint density at radius 3 is 3.00 bits per heavy atom. The molecule has 1 heterocycles. The third-order valence-corrected chi connectivity index (χ3v) is 1.49. The molecular weight excluding hydrogens is 178 g/mol. The van der Waals surface area contributed by atoms with Gasteiger partial charge >= 0.3 is 0 Å². The van der Waals surface area contributed by atoms with Gasteiger partial charge in [-0.3, -0.25) is 4.72 Å². The van der Waals surface area contributed by atoms with E-state index in [2.05, 4.69) is 20.6 Å². The van der Waals surface area contributed by atoms with Gasteiger partial charge in [-0.1, -0.05) is 0 Å². The summed E-state index contributed by atoms with van der Waals surface area (Å²) in [4.78, 5) is 7.36. The molecule has 1 aliphatic heterocycles. The fourth-order valence-electron chi connectivity index (χ4n) is 0.568. The lowest BCUT2D eigenvalue weighted by molar-refractivity contribution is 0.594. The standard InChI is InChI=1S/C6H7N3O2S/c1-12(10,11)9-6-5-7-3-2-4-8-6/h2,4-5,9H,1H3. The number of hydrogen-bond acceptors (Lipinski definition) is 4. The molecule has 64 valence electrons. The Bertz CT molecular complexity index is 385. The maximum Gasteiger partial charge on any atom is 0.231 e. The van der Waals surface area contributed by atoms with Gasteiger partial charge in [-0.15, -0.1) is 0 Å². The molecule has 0 saturated heterocycles. The molecule has 0 aromatic heterocycles. The summed E-state index contributed by atoms with van der Waals surface area (Å²) in [6.45, 7) is 0. The van der Waals surface area contributed by atoms with Crippen LogP contribution in [0.3, 0.4) is 0 Å². The molecule has 0 spiro atoms. The van der Waals surface area contributed by atoms with Crippen LogP contribution >= 0.6 is 0 Å². The summed E-state index contributed by atoms with van der Waals surface area (Å²) < 4.78 is 23.6. The highest BCUT2D eigenvalue weighted by molar-refractivity contribution is 7.88. The predicted octanol–water partition coefficient (Wildman–Crippen LogP) is -0.355. The van der Waals surface area contributed by atoms with Crippen molar-refractivity contribution in [3.05, 3.63) is 18.1 Å². The van der Waals surface area contributed by atoms with E-state index in [0.717, 1.165) is 6.26 Å². The summed E-state index contributed by atoms with van der Waals surface area (Å²) in [7, 11) is -3.27. The minimum absolute atomic E-state index is 0.179. The second-order valence-corrected chi connectivity index (χ2v) is 3.84. The van der Waals surface area contributed by atoms with Gasteiger partial charge in [0.25, 0.3) is 0 Å². The van der Waals surface area contributed by atoms with E-state index in [1.54, 1.807) is 0 Å². The number of aliphatic imine (C=N–C) groups is 2. The minimum atomic E-state index is -3.27. The van der Waals surface area contributed by atoms with Crippen LogP contribution in [0.2, 0.25) is 0 Å². The molecule has 0 unspecified atom stereocenters. The zero-order chi connectivity index (χ0) is 9.03. The molecule has 1 aliphatic rings. The molecular formula is C6H7N3O2S. The first-order valence-corrected chi connectivity index (χ1v) is 4.96. The Morgan fingerprint density at radius 1 is 1.58 bits per heavy atom. The number of rotatable bonds is 2. The van der Waals surface area contributed by atoms with E-state index in [1.807, 2.05) is 0 Å². The molecule has 0 fully saturated rings. The van der Waals surface area contributed by atoms with Crippen molar-refractivity contribution in [2.75, 3.05) is 6.26 Å². The second-order valence-electron chi connectivity index (χ2n) is 2.09. The molecule has 6 heteroatoms. The smallest absolute Gasteiger partial charge is 0.231 e. The van der Waals surface area contributed by atoms with Crippen LogP contribution in [0.5, 0.6) is 0 Å². The normalized spacial score (nSPS) is 15.6. The van der Waals surface area contributed by atoms with Crippen molar-refractivity contribution in [3.63, 3.8) is 0 Å². The van der Waals surface area contributed by atoms with Crippen LogP contribution in [0.1, 0.15) is 0 Å². The highest BCUT2D eigenvalue weighted by Crippen LogP contribution is 1.94. The van der Waals surface area contributed by atoms with Crippen molar-refractivity contribution in [2.24, 2.45) is 9.98 Å². The molecule has 0 bridgehead atoms. The van der Waals surface area contributed by atoms with E-state index in [9.17, 15) is 8.42 Å². The first-order chi connectivity index (χ1) is 5.58. The van der Waals surface area contributed by atoms with Gasteiger partial charge in [0.05, 0.1) is 12.5 Å². The number of hydrogen-bond donors (Lipinski definition) is 1. The summed E-state index contributed by atoms with van der Waals surface area (Å²) in [5.41, 5.74) is 0. The first kappa shape index (κ1) is 8.70. The van der Waals surface area contributed by atoms with Crippen LogP contribution < -0.4 is 4.72 Å². The molecule has 0 amide bonds. The lowest BCUT2D eigenvalue weighted by Gasteiger charge is -2.00. The number of allylic oxidation sites excluding steroid dienone is 1. The monoisotopic (exact) mass is 185 g/mol. The quantitative estimate of drug-likeness (QED) is 0.638. The lowest BCUT2D eigenvalue weighted by atomic mass is 10.7. The Hall–Kier alpha value is -1.39. The van der Waals surface area contributed by atoms with Crippen molar-refractivity contribution in [1.82, 2.24) is 4.72 Å². The van der Waals surface area contributed by atoms with Crippen LogP contribution in [0, 0.1) is 0 Å². The number of nitrogens with one attached hydrogen (secondary N) is 1. The average Bonchev–Trinajstić information content (AvgIpc) is 2.12. The topological polar surface area (TPSA) is 70.9 Å². The van der Waals surface area contributed by atoms with Crippen LogP contribution in [-0.4, -0.2) is 26.8 Å². The summed E-state index contributed by atoms with van der Waals surface area (Å²) in [6.07, 6.45) is 5.21. The van der Waals surface area contributed by atoms with Gasteiger partial charge in [0.15, 0.2) is 5.82 Å². The fraction of sp³-hybridized carbons (Fsp3) is 0.167. The maximum absolute atomic E-state index is 10.7. The molecule has 0 saturated carbocycles. The molecule has 0 aromatic carbocycles. The van der Waals surface area contributed by atoms with E-state index < -0.39 is 10.0 Å². The van der Waals surface area contributed by atoms with E-state index in [0.29, 0.717) is 0 Å². The minimum Gasteiger partial charge on any atom is -0.266 e. The first-order valence-electron chi connectivity index (χ1n) is 3.07. The van der Waals surface area contributed by atoms with Gasteiger partial charge in [-0.25, -0.2) is 18.4 Å². The van der Waals surface area contributed by atoms with Gasteiger partial charge in [-0.2, -0.15) is 0 Å². The molecule has 12 heavy (non-hydrogen) atoms. The van der Waals surface area contributed by atoms with Crippen molar-refractivity contribution in [1.29, 1.82) is 0 Å². The molecule has 0 aliphatic carbocycles. The molecule has 1 N–H and O–H groups in total. The fourth-order valence-corrected chi connectivity index (χ4v) is 1.05. The molecule has 0 aromatic rings. The Morgan fingerprint density at radius 2 is 2.33 bits per heavy atom. The summed E-state index contributed by atoms with van der Waals surface area (Å²) in [5.74, 6) is 2.68. The van der Waals surface area contributed by atoms with E-state index in [-0.39, 0.29) is 5.82 Å². The SMILES string of the molecule is CS(=O)(=O)NC1=CN=C=CC=N1. The maximum atomic E-state index is 10.7. The third-order valence-electron chi connectivity index (χ3n) is 0.914. The highest BCUT2D eigenvalue weighted by Gasteiger charge is 2.02. The van der Waals surface area contributed by atoms with Crippen LogP contribution in [0.4, 0.5) is 0 Å². The van der Waals surface area contributed by atoms with E-state index >= 15 is 0 Å². The molecule has 0 atom stereocenters. The summed E-state index contributed by atoms with van der Waals surface area (Å²) in [5, 5.41) is 0. The Kier molecular flexibility index (Phi) is 2.42. The lowest BCUT2D eigenvalue weighted by Crippen LogP contribution is -2.20. The Labute approximate surface area is 70.3 Å². The molecule has 5 nitrogen and oxygen atoms in total. The van der Waals surface area contributed by atoms with Crippen LogP contribution in [-0.2, 0) is 10.0 Å². The van der Waals surface area contributed by atoms with E-state index in [4.69, 9.17) is 0 Å². The number of nitrogens with zero attached hydrogens (tertiary/aromatic N) is 2. The molecule has 0 radical (unpaired) electrons. The highest BCUT2D eigenvalue weighted by atomic mass is 32.2. The van der Waals surface area contributed by atoms with Gasteiger partial charge in [0.1, 0.15) is 0 Å². The van der Waals surface area contributed by atoms with Crippen molar-refractivity contribution in [3.8, 4) is 0 Å². The Balaban J connectivity index is 2.80. The average molecular weight is 185 g/mol. The zero-order valence-corrected chi connectivity index (χ0v) is 7.17. The number of sulfonamides is 1. The van der Waals surface area contributed by atoms with E-state index in [1.165, 1.54) is 18.5 Å². The van der Waals surface area contributed by atoms with Gasteiger partial charge in [0, 0.05) is 12.3 Å². The second kappa shape index (κ2) is 3.34. The molecule has 1 rings (SSSR count). The van der Waals surface area contributed by atoms with Crippen LogP contribution in [0.15, 0.2) is 28.1 Å². The summed E-state index contributed by atoms with van der Waals surface area (Å²) in [6, 6.07) is 0.